The van der Waals surface area contributed by atoms with Crippen molar-refractivity contribution in [1.29, 1.82) is 0 Å². The van der Waals surface area contributed by atoms with Crippen LogP contribution in [0.4, 0.5) is 5.69 Å². The summed E-state index contributed by atoms with van der Waals surface area (Å²) in [6, 6.07) is 13.9. The van der Waals surface area contributed by atoms with Gasteiger partial charge >= 0.3 is 5.97 Å². The summed E-state index contributed by atoms with van der Waals surface area (Å²) in [7, 11) is 0. The lowest BCUT2D eigenvalue weighted by molar-refractivity contribution is -0.160. The lowest BCUT2D eigenvalue weighted by Crippen LogP contribution is -2.57. The van der Waals surface area contributed by atoms with Crippen LogP contribution in [-0.4, -0.2) is 82.5 Å². The molecular formula is C37H44BrN3O7. The number of aliphatic hydroxyl groups excluding tert-OH is 1. The van der Waals surface area contributed by atoms with Gasteiger partial charge in [0.15, 0.2) is 0 Å². The molecule has 48 heavy (non-hydrogen) atoms. The first-order chi connectivity index (χ1) is 23.1. The molecule has 3 aliphatic rings. The number of rotatable bonds is 15. The summed E-state index contributed by atoms with van der Waals surface area (Å²) in [4.78, 5) is 58.7. The fraction of sp³-hybridized carbons (Fsp3) is 0.459. The van der Waals surface area contributed by atoms with Gasteiger partial charge in [-0.25, -0.2) is 0 Å². The quantitative estimate of drug-likeness (QED) is 0.160. The monoisotopic (exact) mass is 721 g/mol. The predicted molar refractivity (Wildman–Crippen MR) is 185 cm³/mol. The third kappa shape index (κ3) is 6.73. The van der Waals surface area contributed by atoms with Crippen LogP contribution < -0.4 is 10.2 Å². The van der Waals surface area contributed by atoms with Crippen molar-refractivity contribution in [2.45, 2.75) is 68.2 Å². The number of carbonyl (C=O) groups is 4. The van der Waals surface area contributed by atoms with Crippen molar-refractivity contribution in [2.75, 3.05) is 31.1 Å². The van der Waals surface area contributed by atoms with Crippen LogP contribution in [0.2, 0.25) is 0 Å². The number of carbonyl (C=O) groups excluding carboxylic acids is 4. The maximum atomic E-state index is 14.8. The summed E-state index contributed by atoms with van der Waals surface area (Å²) in [6.45, 7) is 11.6. The molecule has 5 rings (SSSR count). The second-order valence-corrected chi connectivity index (χ2v) is 13.9. The first-order valence-corrected chi connectivity index (χ1v) is 17.3. The second-order valence-electron chi connectivity index (χ2n) is 12.8. The van der Waals surface area contributed by atoms with Gasteiger partial charge in [0, 0.05) is 36.6 Å². The van der Waals surface area contributed by atoms with Crippen LogP contribution in [-0.2, 0) is 28.7 Å². The average Bonchev–Trinajstić information content (AvgIpc) is 3.67. The number of nitrogens with one attached hydrogen (secondary N) is 1. The van der Waals surface area contributed by atoms with E-state index in [2.05, 4.69) is 34.4 Å². The van der Waals surface area contributed by atoms with Gasteiger partial charge in [-0.1, -0.05) is 70.5 Å². The van der Waals surface area contributed by atoms with Crippen LogP contribution in [0.5, 0.6) is 0 Å². The maximum absolute atomic E-state index is 14.8. The van der Waals surface area contributed by atoms with Gasteiger partial charge in [0.2, 0.25) is 11.8 Å². The molecule has 7 atom stereocenters. The Balaban J connectivity index is 1.49. The standard InChI is InChI=1S/C37H44BrN3O7/c1-5-7-14-29(43)39-22-28(25-12-9-8-10-13-25)47-36(46)30-31-34(44)41(18-11-19-42)33(37(31)21-26(38)32(30)48-37)35(45)40(17-6-2)27-20-23(3)15-16-24(27)4/h5-6,8-10,12-13,15-16,20,26,28,30-33,42H,1-2,7,11,14,17-19,21-22H2,3-4H3,(H,39,43)/t26?,28-,30-,31+,32-,33-,37+/m1/s1. The summed E-state index contributed by atoms with van der Waals surface area (Å²) < 4.78 is 12.8. The summed E-state index contributed by atoms with van der Waals surface area (Å²) in [6.07, 6.45) is 3.13. The number of fused-ring (bicyclic) bond motifs is 1. The molecule has 0 aliphatic carbocycles. The Morgan fingerprint density at radius 3 is 2.62 bits per heavy atom. The summed E-state index contributed by atoms with van der Waals surface area (Å²) >= 11 is 3.71. The van der Waals surface area contributed by atoms with Gasteiger partial charge in [-0.15, -0.1) is 13.2 Å². The average molecular weight is 723 g/mol. The number of likely N-dealkylation sites (tertiary alicyclic amines) is 1. The van der Waals surface area contributed by atoms with Crippen molar-refractivity contribution in [3.05, 3.63) is 90.5 Å². The Morgan fingerprint density at radius 1 is 1.19 bits per heavy atom. The third-order valence-corrected chi connectivity index (χ3v) is 10.4. The van der Waals surface area contributed by atoms with E-state index in [1.54, 1.807) is 17.1 Å². The summed E-state index contributed by atoms with van der Waals surface area (Å²) in [5, 5.41) is 12.6. The molecule has 256 valence electrons. The zero-order chi connectivity index (χ0) is 34.6. The molecule has 2 aromatic rings. The number of esters is 1. The van der Waals surface area contributed by atoms with Crippen molar-refractivity contribution >= 4 is 45.3 Å². The Bertz CT molecular complexity index is 1550. The van der Waals surface area contributed by atoms with Gasteiger partial charge in [0.05, 0.1) is 24.5 Å². The Kier molecular flexibility index (Phi) is 11.2. The number of hydrogen-bond acceptors (Lipinski definition) is 7. The molecule has 3 fully saturated rings. The molecular weight excluding hydrogens is 678 g/mol. The van der Waals surface area contributed by atoms with Crippen LogP contribution in [0.15, 0.2) is 73.8 Å². The van der Waals surface area contributed by atoms with Gasteiger partial charge in [-0.05, 0) is 55.9 Å². The van der Waals surface area contributed by atoms with E-state index in [1.165, 1.54) is 4.90 Å². The van der Waals surface area contributed by atoms with Gasteiger partial charge in [0.25, 0.3) is 5.91 Å². The van der Waals surface area contributed by atoms with Gasteiger partial charge in [0.1, 0.15) is 17.7 Å². The fourth-order valence-electron chi connectivity index (χ4n) is 7.40. The van der Waals surface area contributed by atoms with Crippen molar-refractivity contribution < 1.29 is 33.8 Å². The molecule has 0 radical (unpaired) electrons. The molecule has 1 spiro atoms. The van der Waals surface area contributed by atoms with Crippen LogP contribution >= 0.6 is 15.9 Å². The van der Waals surface area contributed by atoms with Crippen LogP contribution in [0.3, 0.4) is 0 Å². The molecule has 3 heterocycles. The minimum absolute atomic E-state index is 0.0432. The van der Waals surface area contributed by atoms with Crippen LogP contribution in [0.25, 0.3) is 0 Å². The molecule has 11 heteroatoms. The van der Waals surface area contributed by atoms with E-state index >= 15 is 0 Å². The second kappa shape index (κ2) is 15.2. The lowest BCUT2D eigenvalue weighted by atomic mass is 9.70. The number of ether oxygens (including phenoxy) is 2. The topological polar surface area (TPSA) is 125 Å². The highest BCUT2D eigenvalue weighted by molar-refractivity contribution is 9.09. The molecule has 3 aliphatic heterocycles. The highest BCUT2D eigenvalue weighted by Crippen LogP contribution is 2.60. The largest absolute Gasteiger partial charge is 0.455 e. The number of aryl methyl sites for hydroxylation is 2. The van der Waals surface area contributed by atoms with Gasteiger partial charge in [-0.2, -0.15) is 0 Å². The predicted octanol–water partition coefficient (Wildman–Crippen LogP) is 4.32. The third-order valence-electron chi connectivity index (χ3n) is 9.58. The molecule has 1 unspecified atom stereocenters. The number of allylic oxidation sites excluding steroid dienone is 1. The summed E-state index contributed by atoms with van der Waals surface area (Å²) in [5.41, 5.74) is 1.95. The number of benzene rings is 2. The lowest BCUT2D eigenvalue weighted by Gasteiger charge is -2.37. The molecule has 3 amide bonds. The molecule has 10 nitrogen and oxygen atoms in total. The number of alkyl halides is 1. The van der Waals surface area contributed by atoms with Crippen molar-refractivity contribution in [1.82, 2.24) is 10.2 Å². The zero-order valence-corrected chi connectivity index (χ0v) is 29.1. The van der Waals surface area contributed by atoms with Crippen LogP contribution in [0, 0.1) is 25.7 Å². The van der Waals surface area contributed by atoms with Crippen molar-refractivity contribution in [3.63, 3.8) is 0 Å². The Morgan fingerprint density at radius 2 is 1.94 bits per heavy atom. The molecule has 3 saturated heterocycles. The van der Waals surface area contributed by atoms with E-state index in [1.807, 2.05) is 62.4 Å². The summed E-state index contributed by atoms with van der Waals surface area (Å²) in [5.74, 6) is -3.52. The van der Waals surface area contributed by atoms with E-state index in [0.717, 1.165) is 11.1 Å². The van der Waals surface area contributed by atoms with Gasteiger partial charge in [-0.3, -0.25) is 19.2 Å². The number of aliphatic hydroxyl groups is 1. The highest BCUT2D eigenvalue weighted by Gasteiger charge is 2.77. The SMILES string of the molecule is C=CCCC(=O)NC[C@@H](OC(=O)[C@H]1[C@@H]2O[C@@]3(CC2Br)[C@@H]1C(=O)N(CCCO)[C@@H]3C(=O)N(CC=C)c1cc(C)ccc1C)c1ccccc1. The van der Waals surface area contributed by atoms with Crippen molar-refractivity contribution in [2.24, 2.45) is 11.8 Å². The minimum Gasteiger partial charge on any atom is -0.455 e. The number of nitrogens with zero attached hydrogens (tertiary/aromatic N) is 2. The number of halogens is 1. The van der Waals surface area contributed by atoms with E-state index < -0.39 is 41.7 Å². The minimum atomic E-state index is -1.30. The molecule has 2 bridgehead atoms. The highest BCUT2D eigenvalue weighted by atomic mass is 79.9. The normalized spacial score (nSPS) is 26.1. The first-order valence-electron chi connectivity index (χ1n) is 16.4. The number of anilines is 1. The molecule has 0 saturated carbocycles. The molecule has 2 aromatic carbocycles. The smallest absolute Gasteiger partial charge is 0.313 e. The van der Waals surface area contributed by atoms with Gasteiger partial charge < -0.3 is 29.7 Å². The van der Waals surface area contributed by atoms with E-state index in [4.69, 9.17) is 9.47 Å². The van der Waals surface area contributed by atoms with E-state index in [0.29, 0.717) is 24.1 Å². The van der Waals surface area contributed by atoms with Crippen LogP contribution in [0.1, 0.15) is 48.5 Å². The molecule has 0 aromatic heterocycles. The number of hydrogen-bond donors (Lipinski definition) is 2. The Labute approximate surface area is 290 Å². The van der Waals surface area contributed by atoms with E-state index in [-0.39, 0.29) is 61.6 Å². The first kappa shape index (κ1) is 35.5. The number of amides is 3. The Hall–Kier alpha value is -3.80. The maximum Gasteiger partial charge on any atom is 0.313 e. The van der Waals surface area contributed by atoms with E-state index in [9.17, 15) is 24.3 Å². The van der Waals surface area contributed by atoms with Crippen molar-refractivity contribution in [3.8, 4) is 0 Å². The zero-order valence-electron chi connectivity index (χ0n) is 27.5. The molecule has 2 N–H and O–H groups in total. The fourth-order valence-corrected chi connectivity index (χ4v) is 8.34.